The van der Waals surface area contributed by atoms with Gasteiger partial charge >= 0.3 is 0 Å². The Balaban J connectivity index is 2.02. The number of aliphatic hydroxyl groups excluding tert-OH is 1. The van der Waals surface area contributed by atoms with Crippen molar-refractivity contribution in [2.45, 2.75) is 20.0 Å². The van der Waals surface area contributed by atoms with Gasteiger partial charge < -0.3 is 5.11 Å². The summed E-state index contributed by atoms with van der Waals surface area (Å²) in [4.78, 5) is 2.11. The fraction of sp³-hybridized carbons (Fsp3) is 0.385. The molecule has 0 aliphatic carbocycles. The van der Waals surface area contributed by atoms with E-state index in [0.717, 1.165) is 17.9 Å². The van der Waals surface area contributed by atoms with Crippen LogP contribution in [0.1, 0.15) is 17.0 Å². The number of aromatic nitrogens is 2. The van der Waals surface area contributed by atoms with Gasteiger partial charge in [-0.05, 0) is 12.5 Å². The molecule has 5 heteroatoms. The van der Waals surface area contributed by atoms with Crippen molar-refractivity contribution < 1.29 is 9.74 Å². The van der Waals surface area contributed by atoms with Crippen molar-refractivity contribution in [3.05, 3.63) is 47.3 Å². The quantitative estimate of drug-likeness (QED) is 0.835. The lowest BCUT2D eigenvalue weighted by atomic mass is 10.2. The Kier molecular flexibility index (Phi) is 4.44. The Hall–Kier alpha value is -1.72. The minimum absolute atomic E-state index is 0.122. The summed E-state index contributed by atoms with van der Waals surface area (Å²) < 4.78 is 4.69. The first kappa shape index (κ1) is 12.7. The highest BCUT2D eigenvalue weighted by molar-refractivity contribution is 5.15. The zero-order valence-electron chi connectivity index (χ0n) is 10.4. The molecule has 0 spiro atoms. The topological polar surface area (TPSA) is 62.4 Å². The number of aryl methyl sites for hydroxylation is 1. The lowest BCUT2D eigenvalue weighted by Gasteiger charge is -2.20. The van der Waals surface area contributed by atoms with Gasteiger partial charge in [0.25, 0.3) is 0 Å². The summed E-state index contributed by atoms with van der Waals surface area (Å²) >= 11 is 0. The molecule has 2 aromatic rings. The van der Waals surface area contributed by atoms with Crippen LogP contribution in [-0.4, -0.2) is 33.5 Å². The van der Waals surface area contributed by atoms with E-state index in [1.165, 1.54) is 5.56 Å². The Morgan fingerprint density at radius 1 is 1.17 bits per heavy atom. The molecule has 1 N–H and O–H groups in total. The van der Waals surface area contributed by atoms with Gasteiger partial charge in [-0.15, -0.1) is 0 Å². The molecule has 1 heterocycles. The highest BCUT2D eigenvalue weighted by atomic mass is 16.6. The summed E-state index contributed by atoms with van der Waals surface area (Å²) in [5.41, 5.74) is 2.82. The van der Waals surface area contributed by atoms with Crippen LogP contribution in [0.25, 0.3) is 0 Å². The van der Waals surface area contributed by atoms with Gasteiger partial charge in [-0.3, -0.25) is 4.90 Å². The number of hydrogen-bond donors (Lipinski definition) is 1. The molecule has 0 aliphatic rings. The average molecular weight is 247 g/mol. The Morgan fingerprint density at radius 3 is 2.56 bits per heavy atom. The number of rotatable bonds is 6. The number of nitrogens with zero attached hydrogens (tertiary/aromatic N) is 3. The van der Waals surface area contributed by atoms with Crippen molar-refractivity contribution >= 4 is 0 Å². The summed E-state index contributed by atoms with van der Waals surface area (Å²) in [5.74, 6) is 0. The molecule has 0 aliphatic heterocycles. The monoisotopic (exact) mass is 247 g/mol. The molecule has 0 amide bonds. The minimum Gasteiger partial charge on any atom is -0.395 e. The first-order chi connectivity index (χ1) is 8.79. The number of aliphatic hydroxyl groups is 1. The average Bonchev–Trinajstić information content (AvgIpc) is 2.77. The molecular weight excluding hydrogens is 230 g/mol. The van der Waals surface area contributed by atoms with Gasteiger partial charge in [0.2, 0.25) is 0 Å². The summed E-state index contributed by atoms with van der Waals surface area (Å²) in [5, 5.41) is 16.7. The van der Waals surface area contributed by atoms with Crippen molar-refractivity contribution in [2.75, 3.05) is 13.2 Å². The van der Waals surface area contributed by atoms with Crippen LogP contribution < -0.4 is 0 Å². The summed E-state index contributed by atoms with van der Waals surface area (Å²) in [6.45, 7) is 3.99. The molecule has 0 bridgehead atoms. The van der Waals surface area contributed by atoms with Gasteiger partial charge in [0.1, 0.15) is 11.4 Å². The smallest absolute Gasteiger partial charge is 0.122 e. The fourth-order valence-electron chi connectivity index (χ4n) is 1.80. The lowest BCUT2D eigenvalue weighted by molar-refractivity contribution is 0.180. The van der Waals surface area contributed by atoms with Crippen LogP contribution in [0.2, 0.25) is 0 Å². The molecule has 0 saturated carbocycles. The highest BCUT2D eigenvalue weighted by Gasteiger charge is 2.11. The molecule has 0 unspecified atom stereocenters. The summed E-state index contributed by atoms with van der Waals surface area (Å²) in [6.07, 6.45) is 0. The molecule has 1 aromatic heterocycles. The van der Waals surface area contributed by atoms with E-state index in [2.05, 4.69) is 32.0 Å². The summed E-state index contributed by atoms with van der Waals surface area (Å²) in [7, 11) is 0. The molecular formula is C13H17N3O2. The molecule has 0 saturated heterocycles. The SMILES string of the molecule is Cc1nonc1CN(CCO)Cc1ccccc1. The predicted molar refractivity (Wildman–Crippen MR) is 66.7 cm³/mol. The van der Waals surface area contributed by atoms with Crippen molar-refractivity contribution in [3.8, 4) is 0 Å². The largest absolute Gasteiger partial charge is 0.395 e. The second kappa shape index (κ2) is 6.28. The maximum atomic E-state index is 9.11. The molecule has 2 rings (SSSR count). The number of hydrogen-bond acceptors (Lipinski definition) is 5. The first-order valence-corrected chi connectivity index (χ1v) is 5.95. The van der Waals surface area contributed by atoms with Gasteiger partial charge in [-0.1, -0.05) is 40.6 Å². The third-order valence-corrected chi connectivity index (χ3v) is 2.79. The van der Waals surface area contributed by atoms with E-state index >= 15 is 0 Å². The number of benzene rings is 1. The molecule has 5 nitrogen and oxygen atoms in total. The van der Waals surface area contributed by atoms with Crippen LogP contribution in [0.4, 0.5) is 0 Å². The zero-order chi connectivity index (χ0) is 12.8. The van der Waals surface area contributed by atoms with Crippen molar-refractivity contribution in [3.63, 3.8) is 0 Å². The second-order valence-corrected chi connectivity index (χ2v) is 4.22. The van der Waals surface area contributed by atoms with Crippen LogP contribution >= 0.6 is 0 Å². The lowest BCUT2D eigenvalue weighted by Crippen LogP contribution is -2.26. The molecule has 0 radical (unpaired) electrons. The Labute approximate surface area is 106 Å². The Morgan fingerprint density at radius 2 is 1.94 bits per heavy atom. The van der Waals surface area contributed by atoms with Crippen molar-refractivity contribution in [1.29, 1.82) is 0 Å². The zero-order valence-corrected chi connectivity index (χ0v) is 10.4. The van der Waals surface area contributed by atoms with Crippen LogP contribution in [0, 0.1) is 6.92 Å². The third kappa shape index (κ3) is 3.38. The molecule has 96 valence electrons. The normalized spacial score (nSPS) is 11.1. The van der Waals surface area contributed by atoms with E-state index in [1.807, 2.05) is 25.1 Å². The predicted octanol–water partition coefficient (Wildman–Crippen LogP) is 1.37. The third-order valence-electron chi connectivity index (χ3n) is 2.79. The van der Waals surface area contributed by atoms with Gasteiger partial charge in [-0.2, -0.15) is 0 Å². The van der Waals surface area contributed by atoms with Gasteiger partial charge in [-0.25, -0.2) is 4.63 Å². The van der Waals surface area contributed by atoms with Gasteiger partial charge in [0, 0.05) is 19.6 Å². The van der Waals surface area contributed by atoms with E-state index in [4.69, 9.17) is 5.11 Å². The van der Waals surface area contributed by atoms with E-state index in [9.17, 15) is 0 Å². The van der Waals surface area contributed by atoms with Crippen LogP contribution in [-0.2, 0) is 13.1 Å². The van der Waals surface area contributed by atoms with Gasteiger partial charge in [0.15, 0.2) is 0 Å². The van der Waals surface area contributed by atoms with E-state index in [-0.39, 0.29) is 6.61 Å². The van der Waals surface area contributed by atoms with Crippen LogP contribution in [0.5, 0.6) is 0 Å². The van der Waals surface area contributed by atoms with E-state index in [0.29, 0.717) is 13.1 Å². The van der Waals surface area contributed by atoms with Gasteiger partial charge in [0.05, 0.1) is 6.61 Å². The maximum Gasteiger partial charge on any atom is 0.122 e. The highest BCUT2D eigenvalue weighted by Crippen LogP contribution is 2.10. The van der Waals surface area contributed by atoms with Crippen molar-refractivity contribution in [1.82, 2.24) is 15.2 Å². The summed E-state index contributed by atoms with van der Waals surface area (Å²) in [6, 6.07) is 10.1. The molecule has 0 fully saturated rings. The second-order valence-electron chi connectivity index (χ2n) is 4.22. The molecule has 0 atom stereocenters. The van der Waals surface area contributed by atoms with Crippen LogP contribution in [0.3, 0.4) is 0 Å². The van der Waals surface area contributed by atoms with E-state index < -0.39 is 0 Å². The standard InChI is InChI=1S/C13H17N3O2/c1-11-13(15-18-14-11)10-16(7-8-17)9-12-5-3-2-4-6-12/h2-6,17H,7-10H2,1H3. The first-order valence-electron chi connectivity index (χ1n) is 5.95. The fourth-order valence-corrected chi connectivity index (χ4v) is 1.80. The Bertz CT molecular complexity index is 470. The minimum atomic E-state index is 0.122. The maximum absolute atomic E-state index is 9.11. The molecule has 1 aromatic carbocycles. The van der Waals surface area contributed by atoms with Crippen molar-refractivity contribution in [2.24, 2.45) is 0 Å². The van der Waals surface area contributed by atoms with E-state index in [1.54, 1.807) is 0 Å². The molecule has 18 heavy (non-hydrogen) atoms. The van der Waals surface area contributed by atoms with Crippen LogP contribution in [0.15, 0.2) is 35.0 Å².